The molecule has 0 aliphatic carbocycles. The number of rotatable bonds is 8. The van der Waals surface area contributed by atoms with Crippen molar-refractivity contribution >= 4 is 35.4 Å². The fourth-order valence-electron chi connectivity index (χ4n) is 6.04. The molecule has 0 aromatic heterocycles. The summed E-state index contributed by atoms with van der Waals surface area (Å²) in [5.41, 5.74) is 6.95. The van der Waals surface area contributed by atoms with Crippen molar-refractivity contribution in [3.63, 3.8) is 0 Å². The molecule has 0 saturated heterocycles. The van der Waals surface area contributed by atoms with E-state index < -0.39 is 5.54 Å². The van der Waals surface area contributed by atoms with E-state index in [9.17, 15) is 4.79 Å². The van der Waals surface area contributed by atoms with Crippen molar-refractivity contribution in [1.29, 1.82) is 0 Å². The summed E-state index contributed by atoms with van der Waals surface area (Å²) in [5, 5.41) is 13.3. The summed E-state index contributed by atoms with van der Waals surface area (Å²) in [4.78, 5) is 18.7. The molecule has 6 rings (SSSR count). The number of aryl methyl sites for hydroxylation is 2. The number of methoxy groups -OCH3 is 1. The fourth-order valence-corrected chi connectivity index (χ4v) is 6.04. The number of fused-ring (bicyclic) bond motifs is 6. The molecule has 2 aliphatic rings. The molecule has 4 aromatic carbocycles. The van der Waals surface area contributed by atoms with Gasteiger partial charge in [-0.1, -0.05) is 18.2 Å². The predicted octanol–water partition coefficient (Wildman–Crippen LogP) is 7.42. The number of ether oxygens (including phenoxy) is 2. The van der Waals surface area contributed by atoms with Crippen LogP contribution < -0.4 is 20.1 Å². The van der Waals surface area contributed by atoms with Gasteiger partial charge in [-0.3, -0.25) is 9.79 Å². The highest BCUT2D eigenvalue weighted by Crippen LogP contribution is 2.58. The molecule has 2 N–H and O–H groups in total. The molecule has 1 amide bonds. The first-order valence-electron chi connectivity index (χ1n) is 14.5. The maximum atomic E-state index is 14.2. The number of amides is 1. The molecule has 218 valence electrons. The fraction of sp³-hybridized carbons (Fsp3) is 0.229. The van der Waals surface area contributed by atoms with Gasteiger partial charge >= 0.3 is 0 Å². The summed E-state index contributed by atoms with van der Waals surface area (Å²) >= 11 is 0. The van der Waals surface area contributed by atoms with Gasteiger partial charge in [-0.25, -0.2) is 5.01 Å². The lowest BCUT2D eigenvalue weighted by Gasteiger charge is -2.42. The molecule has 0 bridgehead atoms. The maximum absolute atomic E-state index is 14.2. The van der Waals surface area contributed by atoms with Crippen LogP contribution in [-0.4, -0.2) is 43.5 Å². The molecule has 43 heavy (non-hydrogen) atoms. The first-order valence-corrected chi connectivity index (χ1v) is 14.5. The third-order valence-corrected chi connectivity index (χ3v) is 7.99. The van der Waals surface area contributed by atoms with Crippen LogP contribution in [-0.2, 0) is 5.54 Å². The molecule has 8 nitrogen and oxygen atoms in total. The van der Waals surface area contributed by atoms with E-state index in [-0.39, 0.29) is 5.91 Å². The molecule has 8 heteroatoms. The molecule has 2 aliphatic heterocycles. The van der Waals surface area contributed by atoms with Crippen LogP contribution in [0.15, 0.2) is 82.9 Å². The average molecular weight is 574 g/mol. The number of hydrogen-bond acceptors (Lipinski definition) is 7. The average Bonchev–Trinajstić information content (AvgIpc) is 3.26. The van der Waals surface area contributed by atoms with Crippen LogP contribution >= 0.6 is 0 Å². The summed E-state index contributed by atoms with van der Waals surface area (Å²) in [5.74, 6) is 1.92. The van der Waals surface area contributed by atoms with Crippen molar-refractivity contribution < 1.29 is 14.3 Å². The van der Waals surface area contributed by atoms with Crippen LogP contribution in [0.2, 0.25) is 0 Å². The van der Waals surface area contributed by atoms with E-state index in [2.05, 4.69) is 55.5 Å². The summed E-state index contributed by atoms with van der Waals surface area (Å²) in [7, 11) is 1.63. The van der Waals surface area contributed by atoms with E-state index in [0.717, 1.165) is 63.7 Å². The van der Waals surface area contributed by atoms with Crippen LogP contribution in [0.3, 0.4) is 0 Å². The third kappa shape index (κ3) is 4.59. The summed E-state index contributed by atoms with van der Waals surface area (Å²) in [6, 6.07) is 23.5. The van der Waals surface area contributed by atoms with Crippen LogP contribution in [0.5, 0.6) is 17.2 Å². The zero-order chi connectivity index (χ0) is 30.1. The van der Waals surface area contributed by atoms with Crippen molar-refractivity contribution in [1.82, 2.24) is 5.01 Å². The predicted molar refractivity (Wildman–Crippen MR) is 173 cm³/mol. The van der Waals surface area contributed by atoms with Gasteiger partial charge < -0.3 is 20.1 Å². The molecular formula is C35H35N5O3. The van der Waals surface area contributed by atoms with Gasteiger partial charge in [-0.2, -0.15) is 5.10 Å². The van der Waals surface area contributed by atoms with Crippen LogP contribution in [0.1, 0.15) is 52.0 Å². The highest BCUT2D eigenvalue weighted by Gasteiger charge is 2.57. The van der Waals surface area contributed by atoms with E-state index in [4.69, 9.17) is 14.6 Å². The zero-order valence-corrected chi connectivity index (χ0v) is 25.1. The Morgan fingerprint density at radius 3 is 2.02 bits per heavy atom. The maximum Gasteiger partial charge on any atom is 0.275 e. The Hall–Kier alpha value is -5.11. The molecule has 0 radical (unpaired) electrons. The third-order valence-electron chi connectivity index (χ3n) is 7.99. The highest BCUT2D eigenvalue weighted by atomic mass is 16.5. The van der Waals surface area contributed by atoms with Crippen LogP contribution in [0, 0.1) is 13.8 Å². The van der Waals surface area contributed by atoms with E-state index >= 15 is 0 Å². The normalized spacial score (nSPS) is 14.5. The number of hydrazone groups is 1. The smallest absolute Gasteiger partial charge is 0.275 e. The highest BCUT2D eigenvalue weighted by molar-refractivity contribution is 6.17. The van der Waals surface area contributed by atoms with Gasteiger partial charge in [0.05, 0.1) is 19.0 Å². The number of carbonyl (C=O) groups excluding carboxylic acids is 1. The van der Waals surface area contributed by atoms with Gasteiger partial charge in [0.2, 0.25) is 0 Å². The van der Waals surface area contributed by atoms with Gasteiger partial charge in [0.25, 0.3) is 5.91 Å². The van der Waals surface area contributed by atoms with Gasteiger partial charge in [-0.05, 0) is 81.3 Å². The number of anilines is 2. The van der Waals surface area contributed by atoms with E-state index in [1.54, 1.807) is 24.5 Å². The first kappa shape index (κ1) is 28.0. The lowest BCUT2D eigenvalue weighted by Crippen LogP contribution is -2.44. The summed E-state index contributed by atoms with van der Waals surface area (Å²) < 4.78 is 11.9. The van der Waals surface area contributed by atoms with Crippen molar-refractivity contribution in [3.8, 4) is 17.2 Å². The van der Waals surface area contributed by atoms with E-state index in [1.807, 2.05) is 60.7 Å². The Morgan fingerprint density at radius 1 is 0.837 bits per heavy atom. The SMILES string of the molecule is CCNc1cc2c(cc1C)C1(c3cc(C)c(NCC)cc3O2)c2ccccc2C(=O)N1/N=C/C=Nc1ccc(OC)cc1. The molecule has 0 unspecified atom stereocenters. The second-order valence-corrected chi connectivity index (χ2v) is 10.6. The van der Waals surface area contributed by atoms with Crippen LogP contribution in [0.4, 0.5) is 17.1 Å². The molecule has 0 fully saturated rings. The minimum Gasteiger partial charge on any atom is -0.497 e. The molecule has 1 spiro atoms. The Bertz CT molecular complexity index is 1700. The molecular weight excluding hydrogens is 538 g/mol. The summed E-state index contributed by atoms with van der Waals surface area (Å²) in [6.45, 7) is 9.82. The van der Waals surface area contributed by atoms with E-state index in [0.29, 0.717) is 17.1 Å². The molecule has 4 aromatic rings. The molecule has 2 heterocycles. The van der Waals surface area contributed by atoms with Gasteiger partial charge in [0, 0.05) is 65.1 Å². The minimum atomic E-state index is -1.05. The number of hydrogen-bond donors (Lipinski definition) is 2. The first-order chi connectivity index (χ1) is 20.9. The zero-order valence-electron chi connectivity index (χ0n) is 25.1. The topological polar surface area (TPSA) is 87.6 Å². The van der Waals surface area contributed by atoms with Crippen LogP contribution in [0.25, 0.3) is 0 Å². The van der Waals surface area contributed by atoms with Crippen molar-refractivity contribution in [2.75, 3.05) is 30.8 Å². The van der Waals surface area contributed by atoms with Gasteiger partial charge in [-0.15, -0.1) is 0 Å². The number of carbonyl (C=O) groups is 1. The minimum absolute atomic E-state index is 0.190. The Morgan fingerprint density at radius 2 is 1.44 bits per heavy atom. The van der Waals surface area contributed by atoms with Gasteiger partial charge in [0.1, 0.15) is 22.8 Å². The lowest BCUT2D eigenvalue weighted by molar-refractivity contribution is 0.0675. The monoisotopic (exact) mass is 573 g/mol. The largest absolute Gasteiger partial charge is 0.497 e. The molecule has 0 atom stereocenters. The van der Waals surface area contributed by atoms with Crippen molar-refractivity contribution in [2.24, 2.45) is 10.1 Å². The quantitative estimate of drug-likeness (QED) is 0.214. The number of nitrogens with zero attached hydrogens (tertiary/aromatic N) is 3. The Balaban J connectivity index is 1.57. The second-order valence-electron chi connectivity index (χ2n) is 10.6. The van der Waals surface area contributed by atoms with E-state index in [1.165, 1.54) is 0 Å². The number of benzene rings is 4. The Kier molecular flexibility index (Phi) is 7.36. The van der Waals surface area contributed by atoms with Gasteiger partial charge in [0.15, 0.2) is 0 Å². The van der Waals surface area contributed by atoms with Crippen molar-refractivity contribution in [3.05, 3.63) is 106 Å². The lowest BCUT2D eigenvalue weighted by atomic mass is 9.74. The standard InChI is InChI=1S/C35H35N5O3/c1-6-36-30-20-32-28(18-22(30)3)35(29-19-23(4)31(37-7-2)21-33(29)43-32)27-11-9-8-10-26(27)34(41)40(35)39-17-16-38-24-12-14-25(42-5)15-13-24/h8-21,36-37H,6-7H2,1-5H3/b38-16?,39-17+. The second kappa shape index (κ2) is 11.3. The Labute approximate surface area is 252 Å². The van der Waals surface area contributed by atoms with Crippen molar-refractivity contribution in [2.45, 2.75) is 33.2 Å². The number of aliphatic imine (C=N–C) groups is 1. The molecule has 0 saturated carbocycles. The number of nitrogens with one attached hydrogen (secondary N) is 2. The summed E-state index contributed by atoms with van der Waals surface area (Å²) in [6.07, 6.45) is 3.18.